The molecule has 0 atom stereocenters. The summed E-state index contributed by atoms with van der Waals surface area (Å²) < 4.78 is 29.9. The van der Waals surface area contributed by atoms with Crippen molar-refractivity contribution in [3.8, 4) is 5.75 Å². The Morgan fingerprint density at radius 1 is 1.15 bits per heavy atom. The number of benzene rings is 2. The predicted octanol–water partition coefficient (Wildman–Crippen LogP) is 3.32. The van der Waals surface area contributed by atoms with Crippen LogP contribution in [0.1, 0.15) is 16.8 Å². The van der Waals surface area contributed by atoms with Crippen molar-refractivity contribution >= 4 is 56.4 Å². The van der Waals surface area contributed by atoms with E-state index in [1.807, 2.05) is 0 Å². The summed E-state index contributed by atoms with van der Waals surface area (Å²) in [7, 11) is -2.27. The molecule has 1 N–H and O–H groups in total. The maximum Gasteiger partial charge on any atom is 0.257 e. The number of methoxy groups -OCH3 is 1. The van der Waals surface area contributed by atoms with Gasteiger partial charge in [-0.05, 0) is 36.4 Å². The molecule has 1 fully saturated rings. The van der Waals surface area contributed by atoms with Gasteiger partial charge in [-0.25, -0.2) is 12.7 Å². The first-order valence-corrected chi connectivity index (χ1v) is 10.1. The van der Waals surface area contributed by atoms with Crippen molar-refractivity contribution < 1.29 is 22.7 Å². The molecule has 1 aliphatic rings. The number of anilines is 2. The number of amides is 2. The van der Waals surface area contributed by atoms with Gasteiger partial charge >= 0.3 is 0 Å². The Kier molecular flexibility index (Phi) is 5.32. The molecule has 7 nitrogen and oxygen atoms in total. The minimum absolute atomic E-state index is 0.0241. The van der Waals surface area contributed by atoms with E-state index in [9.17, 15) is 18.0 Å². The summed E-state index contributed by atoms with van der Waals surface area (Å²) in [6.07, 6.45) is -0.100. The number of carbonyl (C=O) groups is 2. The van der Waals surface area contributed by atoms with E-state index in [0.717, 1.165) is 0 Å². The second kappa shape index (κ2) is 7.38. The van der Waals surface area contributed by atoms with Gasteiger partial charge in [0.25, 0.3) is 5.91 Å². The number of rotatable bonds is 4. The van der Waals surface area contributed by atoms with Gasteiger partial charge in [-0.1, -0.05) is 23.2 Å². The molecule has 2 aromatic carbocycles. The van der Waals surface area contributed by atoms with Crippen molar-refractivity contribution in [2.24, 2.45) is 0 Å². The molecular weight excluding hydrogens is 415 g/mol. The molecule has 2 aromatic rings. The Hall–Kier alpha value is -2.29. The number of sulfonamides is 1. The standard InChI is InChI=1S/C17H14Cl2N2O5S/c1-26-15-5-2-10(8-14(15)19)20-17(23)12-9-11(3-4-13(12)18)21-16(22)6-7-27(21,24)25/h2-5,8-9H,6-7H2,1H3,(H,20,23). The Morgan fingerprint density at radius 3 is 2.48 bits per heavy atom. The number of ether oxygens (including phenoxy) is 1. The minimum Gasteiger partial charge on any atom is -0.495 e. The van der Waals surface area contributed by atoms with Crippen LogP contribution in [0.15, 0.2) is 36.4 Å². The van der Waals surface area contributed by atoms with E-state index in [0.29, 0.717) is 20.8 Å². The van der Waals surface area contributed by atoms with Crippen LogP contribution >= 0.6 is 23.2 Å². The minimum atomic E-state index is -3.74. The van der Waals surface area contributed by atoms with E-state index in [-0.39, 0.29) is 28.4 Å². The van der Waals surface area contributed by atoms with Gasteiger partial charge < -0.3 is 10.1 Å². The summed E-state index contributed by atoms with van der Waals surface area (Å²) >= 11 is 12.1. The fourth-order valence-electron chi connectivity index (χ4n) is 2.63. The average Bonchev–Trinajstić information content (AvgIpc) is 2.88. The third-order valence-electron chi connectivity index (χ3n) is 3.92. The van der Waals surface area contributed by atoms with Gasteiger partial charge in [0.15, 0.2) is 0 Å². The Bertz CT molecular complexity index is 1040. The largest absolute Gasteiger partial charge is 0.495 e. The van der Waals surface area contributed by atoms with Crippen LogP contribution in [0.25, 0.3) is 0 Å². The van der Waals surface area contributed by atoms with Gasteiger partial charge in [-0.3, -0.25) is 9.59 Å². The van der Waals surface area contributed by atoms with Crippen molar-refractivity contribution in [3.63, 3.8) is 0 Å². The van der Waals surface area contributed by atoms with Crippen molar-refractivity contribution in [1.82, 2.24) is 0 Å². The van der Waals surface area contributed by atoms with E-state index >= 15 is 0 Å². The Balaban J connectivity index is 1.91. The molecule has 142 valence electrons. The number of nitrogens with zero attached hydrogens (tertiary/aromatic N) is 1. The molecule has 1 heterocycles. The molecule has 0 spiro atoms. The van der Waals surface area contributed by atoms with Crippen molar-refractivity contribution in [3.05, 3.63) is 52.0 Å². The molecular formula is C17H14Cl2N2O5S. The SMILES string of the molecule is COc1ccc(NC(=O)c2cc(N3C(=O)CCS3(=O)=O)ccc2Cl)cc1Cl. The third-order valence-corrected chi connectivity index (χ3v) is 6.23. The van der Waals surface area contributed by atoms with Gasteiger partial charge in [-0.2, -0.15) is 0 Å². The zero-order valence-electron chi connectivity index (χ0n) is 14.0. The van der Waals surface area contributed by atoms with Crippen molar-refractivity contribution in [2.45, 2.75) is 6.42 Å². The summed E-state index contributed by atoms with van der Waals surface area (Å²) in [4.78, 5) is 24.5. The summed E-state index contributed by atoms with van der Waals surface area (Å²) in [5.74, 6) is -0.939. The summed E-state index contributed by atoms with van der Waals surface area (Å²) in [5.41, 5.74) is 0.493. The molecule has 0 unspecified atom stereocenters. The van der Waals surface area contributed by atoms with E-state index in [1.54, 1.807) is 12.1 Å². The topological polar surface area (TPSA) is 92.8 Å². The number of halogens is 2. The van der Waals surface area contributed by atoms with Gasteiger partial charge in [0, 0.05) is 12.1 Å². The lowest BCUT2D eigenvalue weighted by atomic mass is 10.1. The number of nitrogens with one attached hydrogen (secondary N) is 1. The number of carbonyl (C=O) groups excluding carboxylic acids is 2. The lowest BCUT2D eigenvalue weighted by Gasteiger charge is -2.16. The van der Waals surface area contributed by atoms with E-state index in [1.165, 1.54) is 31.4 Å². The molecule has 1 saturated heterocycles. The molecule has 2 amide bonds. The molecule has 27 heavy (non-hydrogen) atoms. The summed E-state index contributed by atoms with van der Waals surface area (Å²) in [5, 5.41) is 3.04. The molecule has 0 aliphatic carbocycles. The molecule has 3 rings (SSSR count). The molecule has 1 aliphatic heterocycles. The van der Waals surface area contributed by atoms with Crippen LogP contribution in [-0.4, -0.2) is 33.1 Å². The monoisotopic (exact) mass is 428 g/mol. The van der Waals surface area contributed by atoms with Crippen LogP contribution in [0.4, 0.5) is 11.4 Å². The van der Waals surface area contributed by atoms with Crippen molar-refractivity contribution in [1.29, 1.82) is 0 Å². The fraction of sp³-hybridized carbons (Fsp3) is 0.176. The number of hydrogen-bond acceptors (Lipinski definition) is 5. The maximum atomic E-state index is 12.6. The highest BCUT2D eigenvalue weighted by molar-refractivity contribution is 7.94. The number of hydrogen-bond donors (Lipinski definition) is 1. The average molecular weight is 429 g/mol. The lowest BCUT2D eigenvalue weighted by Crippen LogP contribution is -2.29. The van der Waals surface area contributed by atoms with E-state index < -0.39 is 21.8 Å². The maximum absolute atomic E-state index is 12.6. The van der Waals surface area contributed by atoms with Crippen LogP contribution in [0.3, 0.4) is 0 Å². The van der Waals surface area contributed by atoms with Crippen LogP contribution in [-0.2, 0) is 14.8 Å². The van der Waals surface area contributed by atoms with Crippen LogP contribution in [0, 0.1) is 0 Å². The second-order valence-electron chi connectivity index (χ2n) is 5.69. The zero-order chi connectivity index (χ0) is 19.8. The first-order valence-electron chi connectivity index (χ1n) is 7.73. The zero-order valence-corrected chi connectivity index (χ0v) is 16.4. The van der Waals surface area contributed by atoms with E-state index in [2.05, 4.69) is 5.32 Å². The van der Waals surface area contributed by atoms with Crippen LogP contribution < -0.4 is 14.4 Å². The van der Waals surface area contributed by atoms with Gasteiger partial charge in [0.05, 0.1) is 34.2 Å². The normalized spacial score (nSPS) is 15.7. The first kappa shape index (κ1) is 19.5. The van der Waals surface area contributed by atoms with Gasteiger partial charge in [0.1, 0.15) is 5.75 Å². The predicted molar refractivity (Wildman–Crippen MR) is 103 cm³/mol. The van der Waals surface area contributed by atoms with Crippen LogP contribution in [0.5, 0.6) is 5.75 Å². The molecule has 0 radical (unpaired) electrons. The second-order valence-corrected chi connectivity index (χ2v) is 8.44. The quantitative estimate of drug-likeness (QED) is 0.805. The smallest absolute Gasteiger partial charge is 0.257 e. The van der Waals surface area contributed by atoms with Crippen LogP contribution in [0.2, 0.25) is 10.0 Å². The van der Waals surface area contributed by atoms with E-state index in [4.69, 9.17) is 27.9 Å². The first-order chi connectivity index (χ1) is 12.7. The highest BCUT2D eigenvalue weighted by Gasteiger charge is 2.36. The Morgan fingerprint density at radius 2 is 1.89 bits per heavy atom. The van der Waals surface area contributed by atoms with Gasteiger partial charge in [-0.15, -0.1) is 0 Å². The highest BCUT2D eigenvalue weighted by atomic mass is 35.5. The highest BCUT2D eigenvalue weighted by Crippen LogP contribution is 2.31. The lowest BCUT2D eigenvalue weighted by molar-refractivity contribution is -0.116. The molecule has 10 heteroatoms. The summed E-state index contributed by atoms with van der Waals surface area (Å²) in [6.45, 7) is 0. The molecule has 0 bridgehead atoms. The van der Waals surface area contributed by atoms with Gasteiger partial charge in [0.2, 0.25) is 15.9 Å². The summed E-state index contributed by atoms with van der Waals surface area (Å²) in [6, 6.07) is 8.70. The molecule has 0 saturated carbocycles. The fourth-order valence-corrected chi connectivity index (χ4v) is 4.54. The molecule has 0 aromatic heterocycles. The van der Waals surface area contributed by atoms with Crippen molar-refractivity contribution in [2.75, 3.05) is 22.5 Å². The Labute approximate surface area is 165 Å². The third kappa shape index (κ3) is 3.87.